The number of amides is 1. The third kappa shape index (κ3) is 7.25. The average molecular weight is 665 g/mol. The number of alkyl halides is 2. The van der Waals surface area contributed by atoms with E-state index in [1.54, 1.807) is 18.3 Å². The standard InChI is InChI=1S/C33H38F2N8O5/c1-3-47-30-26(42-14-12-41(13-15-42)24-18-46-19-24)5-7-29(39-30)40-32-37-10-8-25(38-32)22-4-6-27(23(16-22)17-36)48-28-9-11-43(20-33(28,34)35)31(45)21(2)44/h4-8,10,16,21,24,28,44H,3,9,11-15,18-20H2,1-2H3,(H,37,38,39,40)/t21-,28?/m0/s1. The van der Waals surface area contributed by atoms with Crippen LogP contribution in [-0.2, 0) is 9.53 Å². The van der Waals surface area contributed by atoms with Crippen LogP contribution in [0, 0.1) is 11.3 Å². The summed E-state index contributed by atoms with van der Waals surface area (Å²) in [5.74, 6) is -2.87. The molecule has 254 valence electrons. The molecule has 3 aromatic rings. The minimum Gasteiger partial charge on any atom is -0.483 e. The Morgan fingerprint density at radius 3 is 2.62 bits per heavy atom. The molecule has 2 atom stereocenters. The lowest BCUT2D eigenvalue weighted by molar-refractivity contribution is -0.165. The molecule has 3 aliphatic rings. The number of aliphatic hydroxyl groups is 1. The number of likely N-dealkylation sites (tertiary alicyclic amines) is 1. The van der Waals surface area contributed by atoms with Crippen LogP contribution in [0.25, 0.3) is 11.3 Å². The van der Waals surface area contributed by atoms with Gasteiger partial charge in [0.15, 0.2) is 6.10 Å². The van der Waals surface area contributed by atoms with Crippen molar-refractivity contribution in [3.63, 3.8) is 0 Å². The van der Waals surface area contributed by atoms with Crippen molar-refractivity contribution in [1.82, 2.24) is 24.8 Å². The molecule has 1 aromatic carbocycles. The molecule has 0 saturated carbocycles. The van der Waals surface area contributed by atoms with E-state index in [0.29, 0.717) is 35.6 Å². The first-order valence-corrected chi connectivity index (χ1v) is 16.0. The molecule has 2 aromatic heterocycles. The van der Waals surface area contributed by atoms with Crippen molar-refractivity contribution in [2.24, 2.45) is 0 Å². The van der Waals surface area contributed by atoms with Crippen molar-refractivity contribution in [1.29, 1.82) is 5.26 Å². The highest BCUT2D eigenvalue weighted by Gasteiger charge is 2.48. The molecule has 2 N–H and O–H groups in total. The number of pyridine rings is 1. The minimum absolute atomic E-state index is 0.000145. The summed E-state index contributed by atoms with van der Waals surface area (Å²) in [6.07, 6.45) is -1.52. The second-order valence-electron chi connectivity index (χ2n) is 12.0. The lowest BCUT2D eigenvalue weighted by Gasteiger charge is -2.43. The number of aliphatic hydroxyl groups excluding tert-OH is 1. The van der Waals surface area contributed by atoms with Crippen LogP contribution in [0.2, 0.25) is 0 Å². The largest absolute Gasteiger partial charge is 0.483 e. The van der Waals surface area contributed by atoms with Gasteiger partial charge < -0.3 is 34.4 Å². The van der Waals surface area contributed by atoms with Crippen LogP contribution in [0.1, 0.15) is 25.8 Å². The molecular formula is C33H38F2N8O5. The van der Waals surface area contributed by atoms with Gasteiger partial charge in [-0.15, -0.1) is 0 Å². The van der Waals surface area contributed by atoms with Gasteiger partial charge in [-0.3, -0.25) is 9.69 Å². The number of nitrogens with zero attached hydrogens (tertiary/aromatic N) is 7. The molecule has 0 radical (unpaired) electrons. The van der Waals surface area contributed by atoms with E-state index in [4.69, 9.17) is 19.2 Å². The first-order chi connectivity index (χ1) is 23.1. The molecule has 1 unspecified atom stereocenters. The van der Waals surface area contributed by atoms with E-state index < -0.39 is 30.6 Å². The minimum atomic E-state index is -3.38. The SMILES string of the molecule is CCOc1nc(Nc2nccc(-c3ccc(OC4CCN(C(=O)[C@H](C)O)CC4(F)F)c(C#N)c3)n2)ccc1N1CCN(C2COC2)CC1. The Morgan fingerprint density at radius 2 is 1.96 bits per heavy atom. The van der Waals surface area contributed by atoms with Crippen molar-refractivity contribution in [3.05, 3.63) is 48.2 Å². The van der Waals surface area contributed by atoms with E-state index in [2.05, 4.69) is 25.1 Å². The molecular weight excluding hydrogens is 626 g/mol. The molecule has 0 bridgehead atoms. The van der Waals surface area contributed by atoms with Gasteiger partial charge in [-0.2, -0.15) is 10.2 Å². The highest BCUT2D eigenvalue weighted by molar-refractivity contribution is 5.80. The van der Waals surface area contributed by atoms with Crippen molar-refractivity contribution < 1.29 is 32.9 Å². The van der Waals surface area contributed by atoms with Crippen molar-refractivity contribution in [3.8, 4) is 29.0 Å². The van der Waals surface area contributed by atoms with E-state index in [-0.39, 0.29) is 30.2 Å². The Kier molecular flexibility index (Phi) is 9.86. The molecule has 6 rings (SSSR count). The number of halogens is 2. The average Bonchev–Trinajstić information content (AvgIpc) is 3.05. The fourth-order valence-corrected chi connectivity index (χ4v) is 5.99. The zero-order valence-electron chi connectivity index (χ0n) is 26.8. The van der Waals surface area contributed by atoms with Crippen molar-refractivity contribution in [2.75, 3.05) is 69.3 Å². The molecule has 3 saturated heterocycles. The number of benzene rings is 1. The molecule has 3 aliphatic heterocycles. The van der Waals surface area contributed by atoms with Gasteiger partial charge in [-0.1, -0.05) is 0 Å². The summed E-state index contributed by atoms with van der Waals surface area (Å²) in [4.78, 5) is 31.3. The second-order valence-corrected chi connectivity index (χ2v) is 12.0. The molecule has 48 heavy (non-hydrogen) atoms. The van der Waals surface area contributed by atoms with E-state index in [0.717, 1.165) is 50.0 Å². The molecule has 15 heteroatoms. The summed E-state index contributed by atoms with van der Waals surface area (Å²) in [5, 5.41) is 22.5. The summed E-state index contributed by atoms with van der Waals surface area (Å²) in [5.41, 5.74) is 2.02. The van der Waals surface area contributed by atoms with E-state index in [1.807, 2.05) is 25.1 Å². The van der Waals surface area contributed by atoms with Crippen LogP contribution in [0.5, 0.6) is 11.6 Å². The maximum atomic E-state index is 14.9. The first kappa shape index (κ1) is 33.3. The summed E-state index contributed by atoms with van der Waals surface area (Å²) < 4.78 is 46.8. The predicted octanol–water partition coefficient (Wildman–Crippen LogP) is 3.07. The number of nitrogens with one attached hydrogen (secondary N) is 1. The smallest absolute Gasteiger partial charge is 0.301 e. The number of piperidine rings is 1. The summed E-state index contributed by atoms with van der Waals surface area (Å²) in [6.45, 7) is 7.92. The van der Waals surface area contributed by atoms with Gasteiger partial charge in [0.05, 0.1) is 43.7 Å². The summed E-state index contributed by atoms with van der Waals surface area (Å²) in [6, 6.07) is 12.6. The van der Waals surface area contributed by atoms with Gasteiger partial charge >= 0.3 is 5.92 Å². The number of hydrogen-bond acceptors (Lipinski definition) is 12. The molecule has 5 heterocycles. The van der Waals surface area contributed by atoms with Crippen LogP contribution in [0.4, 0.5) is 26.2 Å². The van der Waals surface area contributed by atoms with Gasteiger partial charge in [0.25, 0.3) is 5.91 Å². The number of carbonyl (C=O) groups excluding carboxylic acids is 1. The number of piperazine rings is 1. The summed E-state index contributed by atoms with van der Waals surface area (Å²) in [7, 11) is 0. The van der Waals surface area contributed by atoms with Crippen molar-refractivity contribution in [2.45, 2.75) is 44.4 Å². The monoisotopic (exact) mass is 664 g/mol. The molecule has 13 nitrogen and oxygen atoms in total. The Morgan fingerprint density at radius 1 is 1.17 bits per heavy atom. The van der Waals surface area contributed by atoms with Crippen LogP contribution in [-0.4, -0.2) is 119 Å². The number of rotatable bonds is 10. The second kappa shape index (κ2) is 14.2. The maximum Gasteiger partial charge on any atom is 0.301 e. The third-order valence-corrected chi connectivity index (χ3v) is 8.68. The van der Waals surface area contributed by atoms with Gasteiger partial charge in [0.1, 0.15) is 29.4 Å². The first-order valence-electron chi connectivity index (χ1n) is 16.0. The molecule has 0 aliphatic carbocycles. The Balaban J connectivity index is 1.13. The quantitative estimate of drug-likeness (QED) is 0.328. The Hall–Kier alpha value is -4.65. The topological polar surface area (TPSA) is 149 Å². The molecule has 1 amide bonds. The normalized spacial score (nSPS) is 20.4. The number of nitriles is 1. The Labute approximate surface area is 277 Å². The van der Waals surface area contributed by atoms with E-state index in [1.165, 1.54) is 19.1 Å². The van der Waals surface area contributed by atoms with Crippen LogP contribution in [0.15, 0.2) is 42.6 Å². The van der Waals surface area contributed by atoms with Gasteiger partial charge in [0.2, 0.25) is 11.8 Å². The van der Waals surface area contributed by atoms with Crippen LogP contribution < -0.4 is 19.7 Å². The molecule has 0 spiro atoms. The van der Waals surface area contributed by atoms with Gasteiger partial charge in [-0.25, -0.2) is 18.7 Å². The number of carbonyl (C=O) groups is 1. The zero-order valence-corrected chi connectivity index (χ0v) is 26.8. The Bertz CT molecular complexity index is 1660. The lowest BCUT2D eigenvalue weighted by Crippen LogP contribution is -2.56. The predicted molar refractivity (Wildman–Crippen MR) is 172 cm³/mol. The summed E-state index contributed by atoms with van der Waals surface area (Å²) >= 11 is 0. The number of ether oxygens (including phenoxy) is 3. The van der Waals surface area contributed by atoms with Gasteiger partial charge in [0, 0.05) is 50.9 Å². The fraction of sp³-hybridized carbons (Fsp3) is 0.485. The maximum absolute atomic E-state index is 14.9. The van der Waals surface area contributed by atoms with E-state index >= 15 is 0 Å². The fourth-order valence-electron chi connectivity index (χ4n) is 5.99. The number of anilines is 3. The molecule has 3 fully saturated rings. The van der Waals surface area contributed by atoms with Crippen LogP contribution >= 0.6 is 0 Å². The zero-order chi connectivity index (χ0) is 33.8. The lowest BCUT2D eigenvalue weighted by atomic mass is 10.0. The highest BCUT2D eigenvalue weighted by atomic mass is 19.3. The third-order valence-electron chi connectivity index (χ3n) is 8.68. The van der Waals surface area contributed by atoms with E-state index in [9.17, 15) is 23.9 Å². The van der Waals surface area contributed by atoms with Gasteiger partial charge in [-0.05, 0) is 50.2 Å². The highest BCUT2D eigenvalue weighted by Crippen LogP contribution is 2.35. The van der Waals surface area contributed by atoms with Crippen molar-refractivity contribution >= 4 is 23.4 Å². The number of aromatic nitrogens is 3. The number of hydrogen-bond donors (Lipinski definition) is 2. The van der Waals surface area contributed by atoms with Crippen LogP contribution in [0.3, 0.4) is 0 Å².